The molecule has 98 valence electrons. The van der Waals surface area contributed by atoms with Crippen molar-refractivity contribution in [3.8, 4) is 0 Å². The molecule has 0 bridgehead atoms. The maximum absolute atomic E-state index is 8.49. The topological polar surface area (TPSA) is 109 Å². The summed E-state index contributed by atoms with van der Waals surface area (Å²) < 4.78 is 41.5. The molecule has 3 rings (SSSR count). The molecule has 0 amide bonds. The Morgan fingerprint density at radius 3 is 2.44 bits per heavy atom. The first-order valence-corrected chi connectivity index (χ1v) is 6.70. The summed E-state index contributed by atoms with van der Waals surface area (Å²) in [7, 11) is -4.94. The number of oxazole rings is 1. The number of fused-ring (bicyclic) bond motifs is 3. The van der Waals surface area contributed by atoms with Crippen molar-refractivity contribution in [2.75, 3.05) is 0 Å². The smallest absolute Gasteiger partial charge is 0.378 e. The van der Waals surface area contributed by atoms with E-state index in [1.54, 1.807) is 6.26 Å². The van der Waals surface area contributed by atoms with Crippen molar-refractivity contribution in [2.24, 2.45) is 0 Å². The van der Waals surface area contributed by atoms with Crippen LogP contribution in [0.25, 0.3) is 5.71 Å². The monoisotopic (exact) mass is 273 g/mol. The van der Waals surface area contributed by atoms with Gasteiger partial charge in [0.1, 0.15) is 0 Å². The summed E-state index contributed by atoms with van der Waals surface area (Å²) in [5.74, 6) is 0. The van der Waals surface area contributed by atoms with E-state index in [1.165, 1.54) is 36.9 Å². The average molecular weight is 274 g/mol. The van der Waals surface area contributed by atoms with Crippen molar-refractivity contribution >= 4 is 5.71 Å². The molecule has 7 heteroatoms. The zero-order chi connectivity index (χ0) is 13.2. The number of nitrogens with zero attached hydrogens (tertiary/aromatic N) is 1. The average Bonchev–Trinajstić information content (AvgIpc) is 2.75. The van der Waals surface area contributed by atoms with E-state index in [0.29, 0.717) is 0 Å². The normalized spacial score (nSPS) is 14.9. The van der Waals surface area contributed by atoms with E-state index in [0.717, 1.165) is 5.71 Å². The third kappa shape index (κ3) is 3.41. The molecule has 0 spiro atoms. The summed E-state index contributed by atoms with van der Waals surface area (Å²) >= 11 is 0. The number of aryl methyl sites for hydroxylation is 2. The van der Waals surface area contributed by atoms with Crippen LogP contribution in [0.15, 0.2) is 29.0 Å². The molecule has 0 unspecified atom stereocenters. The van der Waals surface area contributed by atoms with Gasteiger partial charge in [0, 0.05) is 12.0 Å². The maximum Gasteiger partial charge on any atom is 0.378 e. The van der Waals surface area contributed by atoms with Crippen LogP contribution in [-0.2, 0) is 12.8 Å². The molecule has 0 saturated heterocycles. The van der Waals surface area contributed by atoms with Crippen LogP contribution in [0.5, 0.6) is 0 Å². The second kappa shape index (κ2) is 5.21. The van der Waals surface area contributed by atoms with Crippen LogP contribution in [0.4, 0.5) is 0 Å². The highest BCUT2D eigenvalue weighted by Crippen LogP contribution is 2.18. The number of aromatic nitrogens is 1. The van der Waals surface area contributed by atoms with Gasteiger partial charge in [-0.2, -0.15) is 0 Å². The van der Waals surface area contributed by atoms with Crippen LogP contribution in [-0.4, -0.2) is 0 Å². The molecule has 0 atom stereocenters. The van der Waals surface area contributed by atoms with Gasteiger partial charge in [0.25, 0.3) is 0 Å². The molecular formula is C11H12ClNO5. The first-order valence-electron chi connectivity index (χ1n) is 5.46. The van der Waals surface area contributed by atoms with Gasteiger partial charge in [-0.05, 0) is 25.3 Å². The molecule has 0 aromatic carbocycles. The van der Waals surface area contributed by atoms with Gasteiger partial charge in [-0.1, -0.05) is 0 Å². The van der Waals surface area contributed by atoms with Crippen molar-refractivity contribution in [1.82, 2.24) is 0 Å². The molecule has 2 aromatic heterocycles. The van der Waals surface area contributed by atoms with Crippen LogP contribution in [0, 0.1) is 10.2 Å². The van der Waals surface area contributed by atoms with Crippen molar-refractivity contribution in [2.45, 2.75) is 25.7 Å². The Kier molecular flexibility index (Phi) is 3.84. The summed E-state index contributed by atoms with van der Waals surface area (Å²) in [6.45, 7) is 0. The fourth-order valence-corrected chi connectivity index (χ4v) is 2.17. The predicted molar refractivity (Wildman–Crippen MR) is 48.5 cm³/mol. The number of hydrogen-bond donors (Lipinski definition) is 0. The Hall–Kier alpha value is -1.18. The van der Waals surface area contributed by atoms with Crippen LogP contribution in [0.1, 0.15) is 24.1 Å². The molecule has 0 saturated carbocycles. The second-order valence-electron chi connectivity index (χ2n) is 4.00. The fourth-order valence-electron chi connectivity index (χ4n) is 2.17. The van der Waals surface area contributed by atoms with Crippen LogP contribution >= 0.6 is 0 Å². The molecule has 0 fully saturated rings. The van der Waals surface area contributed by atoms with Crippen molar-refractivity contribution in [3.05, 3.63) is 35.9 Å². The summed E-state index contributed by atoms with van der Waals surface area (Å²) in [4.78, 5) is 0. The standard InChI is InChI=1S/C11H12NO.ClHO4/c1-2-4-10-9(3-1)5-6-11-12(10)7-8-13-11;2-1(3,4)5/h5-8H,1-4H2;(H,2,3,4,5)/q+1;/p-1. The first kappa shape index (κ1) is 13.3. The van der Waals surface area contributed by atoms with E-state index in [2.05, 4.69) is 16.5 Å². The molecule has 2 heterocycles. The van der Waals surface area contributed by atoms with Gasteiger partial charge in [-0.25, -0.2) is 18.6 Å². The molecule has 1 aliphatic rings. The lowest BCUT2D eigenvalue weighted by atomic mass is 9.96. The number of rotatable bonds is 0. The SMILES string of the molecule is [O-][Cl+3]([O-])([O-])[O-].c1c[n+]2c3c(ccc2o1)CCCC3. The van der Waals surface area contributed by atoms with Gasteiger partial charge in [-0.3, -0.25) is 0 Å². The molecule has 1 aliphatic carbocycles. The van der Waals surface area contributed by atoms with E-state index >= 15 is 0 Å². The maximum atomic E-state index is 8.49. The first-order chi connectivity index (χ1) is 8.45. The lowest BCUT2D eigenvalue weighted by Gasteiger charge is -2.17. The Balaban J connectivity index is 0.000000209. The second-order valence-corrected chi connectivity index (χ2v) is 4.76. The minimum atomic E-state index is -4.94. The van der Waals surface area contributed by atoms with Crippen LogP contribution < -0.4 is 23.0 Å². The summed E-state index contributed by atoms with van der Waals surface area (Å²) in [5, 5.41) is 0. The third-order valence-electron chi connectivity index (χ3n) is 2.83. The Labute approximate surface area is 105 Å². The van der Waals surface area contributed by atoms with Crippen LogP contribution in [0.3, 0.4) is 0 Å². The molecule has 0 aliphatic heterocycles. The van der Waals surface area contributed by atoms with E-state index in [-0.39, 0.29) is 0 Å². The highest BCUT2D eigenvalue weighted by atomic mass is 35.7. The quantitative estimate of drug-likeness (QED) is 0.480. The van der Waals surface area contributed by atoms with Gasteiger partial charge < -0.3 is 4.42 Å². The fraction of sp³-hybridized carbons (Fsp3) is 0.364. The third-order valence-corrected chi connectivity index (χ3v) is 2.83. The summed E-state index contributed by atoms with van der Waals surface area (Å²) in [6, 6.07) is 4.26. The summed E-state index contributed by atoms with van der Waals surface area (Å²) in [6.07, 6.45) is 8.82. The highest BCUT2D eigenvalue weighted by molar-refractivity contribution is 5.30. The van der Waals surface area contributed by atoms with E-state index < -0.39 is 10.2 Å². The number of halogens is 1. The minimum Gasteiger partial charge on any atom is -0.406 e. The zero-order valence-electron chi connectivity index (χ0n) is 9.50. The zero-order valence-corrected chi connectivity index (χ0v) is 10.3. The lowest BCUT2D eigenvalue weighted by molar-refractivity contribution is -2.00. The van der Waals surface area contributed by atoms with Crippen LogP contribution in [0.2, 0.25) is 0 Å². The minimum absolute atomic E-state index is 0.959. The number of hydrogen-bond acceptors (Lipinski definition) is 5. The predicted octanol–water partition coefficient (Wildman–Crippen LogP) is -2.86. The van der Waals surface area contributed by atoms with Gasteiger partial charge in [0.05, 0.1) is 6.07 Å². The molecule has 6 nitrogen and oxygen atoms in total. The van der Waals surface area contributed by atoms with E-state index in [1.807, 2.05) is 6.20 Å². The van der Waals surface area contributed by atoms with Crippen molar-refractivity contribution in [1.29, 1.82) is 0 Å². The van der Waals surface area contributed by atoms with Gasteiger partial charge in [-0.15, -0.1) is 14.6 Å². The Bertz CT molecular complexity index is 528. The summed E-state index contributed by atoms with van der Waals surface area (Å²) in [5.41, 5.74) is 3.89. The van der Waals surface area contributed by atoms with Crippen molar-refractivity contribution in [3.63, 3.8) is 0 Å². The Morgan fingerprint density at radius 1 is 1.06 bits per heavy atom. The number of pyridine rings is 1. The largest absolute Gasteiger partial charge is 0.406 e. The van der Waals surface area contributed by atoms with Gasteiger partial charge >= 0.3 is 5.71 Å². The lowest BCUT2D eigenvalue weighted by Crippen LogP contribution is -2.68. The van der Waals surface area contributed by atoms with E-state index in [4.69, 9.17) is 23.1 Å². The van der Waals surface area contributed by atoms with Crippen molar-refractivity contribution < 1.29 is 37.7 Å². The molecule has 0 N–H and O–H groups in total. The molecule has 0 radical (unpaired) electrons. The van der Waals surface area contributed by atoms with Gasteiger partial charge in [0.15, 0.2) is 12.0 Å². The van der Waals surface area contributed by atoms with E-state index in [9.17, 15) is 0 Å². The highest BCUT2D eigenvalue weighted by Gasteiger charge is 2.20. The molecular weight excluding hydrogens is 262 g/mol. The molecule has 18 heavy (non-hydrogen) atoms. The molecule has 2 aromatic rings. The van der Waals surface area contributed by atoms with Gasteiger partial charge in [0.2, 0.25) is 6.20 Å². The Morgan fingerprint density at radius 2 is 1.72 bits per heavy atom.